The lowest BCUT2D eigenvalue weighted by molar-refractivity contribution is 0.630. The number of nitrogens with two attached hydrogens (primary N) is 1. The van der Waals surface area contributed by atoms with Gasteiger partial charge in [0.15, 0.2) is 0 Å². The van der Waals surface area contributed by atoms with E-state index in [1.165, 1.54) is 6.07 Å². The molecule has 17 heavy (non-hydrogen) atoms. The van der Waals surface area contributed by atoms with E-state index in [0.717, 1.165) is 16.7 Å². The summed E-state index contributed by atoms with van der Waals surface area (Å²) in [5.41, 5.74) is 9.43. The van der Waals surface area contributed by atoms with Crippen LogP contribution in [0.1, 0.15) is 24.1 Å². The Morgan fingerprint density at radius 1 is 1.06 bits per heavy atom. The molecule has 2 N–H and O–H groups in total. The molecule has 0 spiro atoms. The number of benzene rings is 2. The van der Waals surface area contributed by atoms with Crippen LogP contribution in [0.25, 0.3) is 11.1 Å². The first-order chi connectivity index (χ1) is 8.09. The van der Waals surface area contributed by atoms with Crippen molar-refractivity contribution in [3.63, 3.8) is 0 Å². The van der Waals surface area contributed by atoms with Crippen molar-refractivity contribution in [2.24, 2.45) is 5.73 Å². The number of halogens is 1. The molecule has 2 rings (SSSR count). The molecule has 0 fully saturated rings. The molecule has 0 aromatic heterocycles. The highest BCUT2D eigenvalue weighted by Crippen LogP contribution is 2.29. The summed E-state index contributed by atoms with van der Waals surface area (Å²) in [6.45, 7) is 3.87. The van der Waals surface area contributed by atoms with Crippen LogP contribution in [0.4, 0.5) is 4.39 Å². The lowest BCUT2D eigenvalue weighted by Crippen LogP contribution is -2.06. The molecule has 0 aliphatic heterocycles. The Morgan fingerprint density at radius 2 is 1.76 bits per heavy atom. The molecular formula is C15H16FN. The number of hydrogen-bond donors (Lipinski definition) is 1. The van der Waals surface area contributed by atoms with Crippen molar-refractivity contribution in [1.29, 1.82) is 0 Å². The Morgan fingerprint density at radius 3 is 2.47 bits per heavy atom. The lowest BCUT2D eigenvalue weighted by atomic mass is 9.94. The molecule has 0 radical (unpaired) electrons. The summed E-state index contributed by atoms with van der Waals surface area (Å²) in [5, 5.41) is 0. The van der Waals surface area contributed by atoms with Gasteiger partial charge in [0.25, 0.3) is 0 Å². The monoisotopic (exact) mass is 229 g/mol. The van der Waals surface area contributed by atoms with E-state index in [1.807, 2.05) is 44.2 Å². The second kappa shape index (κ2) is 4.68. The maximum Gasteiger partial charge on any atom is 0.131 e. The zero-order valence-electron chi connectivity index (χ0n) is 10.1. The standard InChI is InChI=1S/C15H16FN/c1-10-7-8-15(16)14(9-10)13-6-4-3-5-12(13)11(2)17/h3-9,11H,17H2,1-2H3. The largest absolute Gasteiger partial charge is 0.324 e. The molecule has 0 aliphatic carbocycles. The van der Waals surface area contributed by atoms with Gasteiger partial charge in [-0.1, -0.05) is 35.9 Å². The van der Waals surface area contributed by atoms with Gasteiger partial charge in [0.1, 0.15) is 5.82 Å². The highest BCUT2D eigenvalue weighted by Gasteiger charge is 2.11. The quantitative estimate of drug-likeness (QED) is 0.832. The summed E-state index contributed by atoms with van der Waals surface area (Å²) < 4.78 is 13.9. The highest BCUT2D eigenvalue weighted by molar-refractivity contribution is 5.69. The number of hydrogen-bond acceptors (Lipinski definition) is 1. The van der Waals surface area contributed by atoms with Crippen LogP contribution in [0, 0.1) is 12.7 Å². The fourth-order valence-corrected chi connectivity index (χ4v) is 1.98. The fraction of sp³-hybridized carbons (Fsp3) is 0.200. The van der Waals surface area contributed by atoms with Gasteiger partial charge >= 0.3 is 0 Å². The van der Waals surface area contributed by atoms with Crippen molar-refractivity contribution in [3.05, 3.63) is 59.4 Å². The van der Waals surface area contributed by atoms with Crippen molar-refractivity contribution < 1.29 is 4.39 Å². The molecule has 0 saturated heterocycles. The van der Waals surface area contributed by atoms with Crippen LogP contribution in [-0.4, -0.2) is 0 Å². The zero-order chi connectivity index (χ0) is 12.4. The molecule has 0 heterocycles. The van der Waals surface area contributed by atoms with Crippen molar-refractivity contribution in [2.75, 3.05) is 0 Å². The maximum atomic E-state index is 13.9. The van der Waals surface area contributed by atoms with Gasteiger partial charge in [-0.05, 0) is 37.1 Å². The molecule has 0 saturated carbocycles. The molecule has 1 unspecified atom stereocenters. The third-order valence-corrected chi connectivity index (χ3v) is 2.86. The Kier molecular flexibility index (Phi) is 3.25. The van der Waals surface area contributed by atoms with E-state index in [4.69, 9.17) is 5.73 Å². The van der Waals surface area contributed by atoms with E-state index in [1.54, 1.807) is 6.07 Å². The van der Waals surface area contributed by atoms with E-state index in [0.29, 0.717) is 5.56 Å². The minimum absolute atomic E-state index is 0.105. The molecule has 0 bridgehead atoms. The molecular weight excluding hydrogens is 213 g/mol. The van der Waals surface area contributed by atoms with Crippen molar-refractivity contribution in [1.82, 2.24) is 0 Å². The van der Waals surface area contributed by atoms with E-state index in [-0.39, 0.29) is 11.9 Å². The van der Waals surface area contributed by atoms with Gasteiger partial charge in [-0.3, -0.25) is 0 Å². The van der Waals surface area contributed by atoms with E-state index < -0.39 is 0 Å². The first-order valence-electron chi connectivity index (χ1n) is 5.70. The van der Waals surface area contributed by atoms with E-state index >= 15 is 0 Å². The summed E-state index contributed by atoms with van der Waals surface area (Å²) in [6.07, 6.45) is 0. The smallest absolute Gasteiger partial charge is 0.131 e. The second-order valence-corrected chi connectivity index (χ2v) is 4.36. The predicted molar refractivity (Wildman–Crippen MR) is 69.2 cm³/mol. The summed E-state index contributed by atoms with van der Waals surface area (Å²) in [6, 6.07) is 12.7. The van der Waals surface area contributed by atoms with Gasteiger partial charge < -0.3 is 5.73 Å². The van der Waals surface area contributed by atoms with Crippen LogP contribution in [0.2, 0.25) is 0 Å². The Balaban J connectivity index is 2.64. The van der Waals surface area contributed by atoms with Gasteiger partial charge in [0, 0.05) is 11.6 Å². The lowest BCUT2D eigenvalue weighted by Gasteiger charge is -2.13. The summed E-state index contributed by atoms with van der Waals surface area (Å²) in [5.74, 6) is -0.205. The SMILES string of the molecule is Cc1ccc(F)c(-c2ccccc2C(C)N)c1. The zero-order valence-corrected chi connectivity index (χ0v) is 10.1. The molecule has 0 amide bonds. The van der Waals surface area contributed by atoms with E-state index in [9.17, 15) is 4.39 Å². The van der Waals surface area contributed by atoms with Crippen LogP contribution in [0.3, 0.4) is 0 Å². The first kappa shape index (κ1) is 11.8. The van der Waals surface area contributed by atoms with Gasteiger partial charge in [-0.2, -0.15) is 0 Å². The Labute approximate surface area is 101 Å². The normalized spacial score (nSPS) is 12.5. The molecule has 1 atom stereocenters. The Hall–Kier alpha value is -1.67. The van der Waals surface area contributed by atoms with Gasteiger partial charge in [-0.25, -0.2) is 4.39 Å². The van der Waals surface area contributed by atoms with Crippen molar-refractivity contribution in [3.8, 4) is 11.1 Å². The third-order valence-electron chi connectivity index (χ3n) is 2.86. The van der Waals surface area contributed by atoms with Crippen LogP contribution in [0.5, 0.6) is 0 Å². The molecule has 2 aromatic rings. The average Bonchev–Trinajstić information content (AvgIpc) is 2.32. The predicted octanol–water partition coefficient (Wildman–Crippen LogP) is 3.82. The van der Waals surface area contributed by atoms with Gasteiger partial charge in [0.05, 0.1) is 0 Å². The minimum atomic E-state index is -0.205. The second-order valence-electron chi connectivity index (χ2n) is 4.36. The first-order valence-corrected chi connectivity index (χ1v) is 5.70. The Bertz CT molecular complexity index is 532. The maximum absolute atomic E-state index is 13.9. The van der Waals surface area contributed by atoms with Crippen LogP contribution in [0.15, 0.2) is 42.5 Å². The summed E-state index contributed by atoms with van der Waals surface area (Å²) >= 11 is 0. The molecule has 2 heteroatoms. The van der Waals surface area contributed by atoms with Crippen LogP contribution >= 0.6 is 0 Å². The topological polar surface area (TPSA) is 26.0 Å². The molecule has 1 nitrogen and oxygen atoms in total. The fourth-order valence-electron chi connectivity index (χ4n) is 1.98. The third kappa shape index (κ3) is 2.37. The van der Waals surface area contributed by atoms with E-state index in [2.05, 4.69) is 0 Å². The van der Waals surface area contributed by atoms with Gasteiger partial charge in [-0.15, -0.1) is 0 Å². The van der Waals surface area contributed by atoms with Crippen molar-refractivity contribution in [2.45, 2.75) is 19.9 Å². The van der Waals surface area contributed by atoms with Crippen LogP contribution in [-0.2, 0) is 0 Å². The summed E-state index contributed by atoms with van der Waals surface area (Å²) in [7, 11) is 0. The molecule has 2 aromatic carbocycles. The van der Waals surface area contributed by atoms with Crippen LogP contribution < -0.4 is 5.73 Å². The highest BCUT2D eigenvalue weighted by atomic mass is 19.1. The number of aryl methyl sites for hydroxylation is 1. The minimum Gasteiger partial charge on any atom is -0.324 e. The average molecular weight is 229 g/mol. The van der Waals surface area contributed by atoms with Crippen molar-refractivity contribution >= 4 is 0 Å². The molecule has 0 aliphatic rings. The summed E-state index contributed by atoms with van der Waals surface area (Å²) in [4.78, 5) is 0. The molecule has 88 valence electrons. The van der Waals surface area contributed by atoms with Gasteiger partial charge in [0.2, 0.25) is 0 Å². The number of rotatable bonds is 2.